The number of carboxylic acid groups (broad SMARTS) is 1. The third-order valence-corrected chi connectivity index (χ3v) is 2.06. The van der Waals surface area contributed by atoms with E-state index in [1.54, 1.807) is 30.3 Å². The molecule has 0 heterocycles. The van der Waals surface area contributed by atoms with Gasteiger partial charge in [0.25, 0.3) is 0 Å². The van der Waals surface area contributed by atoms with Gasteiger partial charge in [-0.2, -0.15) is 5.26 Å². The molecule has 3 nitrogen and oxygen atoms in total. The highest BCUT2D eigenvalue weighted by Crippen LogP contribution is 2.13. The Morgan fingerprint density at radius 3 is 2.50 bits per heavy atom. The zero-order chi connectivity index (χ0) is 10.6. The summed E-state index contributed by atoms with van der Waals surface area (Å²) in [6.45, 7) is 0. The average molecular weight is 210 g/mol. The normalized spacial score (nSPS) is 11.7. The molecule has 1 aromatic rings. The maximum Gasteiger partial charge on any atom is 0.321 e. The van der Waals surface area contributed by atoms with E-state index < -0.39 is 11.9 Å². The van der Waals surface area contributed by atoms with E-state index in [9.17, 15) is 4.79 Å². The van der Waals surface area contributed by atoms with Crippen LogP contribution in [0.1, 0.15) is 5.56 Å². The van der Waals surface area contributed by atoms with Crippen molar-refractivity contribution in [2.45, 2.75) is 6.42 Å². The Balaban J connectivity index is 2.74. The van der Waals surface area contributed by atoms with Gasteiger partial charge in [-0.15, -0.1) is 0 Å². The fourth-order valence-electron chi connectivity index (χ4n) is 1.04. The Morgan fingerprint density at radius 2 is 2.07 bits per heavy atom. The van der Waals surface area contributed by atoms with Crippen LogP contribution in [0.3, 0.4) is 0 Å². The standard InChI is InChI=1S/C10H8ClNO2/c11-9-3-1-7(2-4-9)5-8(6-12)10(13)14/h1-4,8H,5H2,(H,13,14)/t8-/m1/s1. The van der Waals surface area contributed by atoms with Gasteiger partial charge in [0.05, 0.1) is 6.07 Å². The van der Waals surface area contributed by atoms with Gasteiger partial charge in [-0.25, -0.2) is 0 Å². The molecular weight excluding hydrogens is 202 g/mol. The number of nitriles is 1. The van der Waals surface area contributed by atoms with Crippen molar-refractivity contribution in [2.24, 2.45) is 5.92 Å². The smallest absolute Gasteiger partial charge is 0.321 e. The predicted octanol–water partition coefficient (Wildman–Crippen LogP) is 2.11. The summed E-state index contributed by atoms with van der Waals surface area (Å²) in [7, 11) is 0. The van der Waals surface area contributed by atoms with Gasteiger partial charge >= 0.3 is 5.97 Å². The minimum atomic E-state index is -1.09. The first-order valence-corrected chi connectivity index (χ1v) is 4.38. The van der Waals surface area contributed by atoms with E-state index >= 15 is 0 Å². The molecule has 0 saturated carbocycles. The van der Waals surface area contributed by atoms with Crippen LogP contribution in [0.25, 0.3) is 0 Å². The first-order valence-electron chi connectivity index (χ1n) is 4.00. The second-order valence-corrected chi connectivity index (χ2v) is 3.29. The summed E-state index contributed by atoms with van der Waals surface area (Å²) in [6.07, 6.45) is 0.211. The van der Waals surface area contributed by atoms with Gasteiger partial charge in [0.2, 0.25) is 0 Å². The third-order valence-electron chi connectivity index (χ3n) is 1.81. The maximum atomic E-state index is 10.6. The van der Waals surface area contributed by atoms with Crippen molar-refractivity contribution >= 4 is 17.6 Å². The lowest BCUT2D eigenvalue weighted by molar-refractivity contribution is -0.139. The number of carboxylic acids is 1. The fraction of sp³-hybridized carbons (Fsp3) is 0.200. The third kappa shape index (κ3) is 2.75. The van der Waals surface area contributed by atoms with Crippen LogP contribution in [0.4, 0.5) is 0 Å². The zero-order valence-electron chi connectivity index (χ0n) is 7.27. The largest absolute Gasteiger partial charge is 0.480 e. The highest BCUT2D eigenvalue weighted by molar-refractivity contribution is 6.30. The topological polar surface area (TPSA) is 61.1 Å². The Hall–Kier alpha value is -1.53. The molecule has 0 aromatic heterocycles. The summed E-state index contributed by atoms with van der Waals surface area (Å²) in [6, 6.07) is 8.52. The Labute approximate surface area is 86.5 Å². The number of nitrogens with zero attached hydrogens (tertiary/aromatic N) is 1. The van der Waals surface area contributed by atoms with Crippen molar-refractivity contribution < 1.29 is 9.90 Å². The SMILES string of the molecule is N#C[C@@H](Cc1ccc(Cl)cc1)C(=O)O. The molecule has 0 aliphatic carbocycles. The van der Waals surface area contributed by atoms with E-state index in [0.717, 1.165) is 5.56 Å². The number of hydrogen-bond donors (Lipinski definition) is 1. The van der Waals surface area contributed by atoms with Crippen molar-refractivity contribution in [1.29, 1.82) is 5.26 Å². The van der Waals surface area contributed by atoms with Gasteiger partial charge < -0.3 is 5.11 Å². The van der Waals surface area contributed by atoms with Crippen LogP contribution in [0.15, 0.2) is 24.3 Å². The van der Waals surface area contributed by atoms with Gasteiger partial charge in [-0.1, -0.05) is 23.7 Å². The predicted molar refractivity (Wildman–Crippen MR) is 51.9 cm³/mol. The lowest BCUT2D eigenvalue weighted by Gasteiger charge is -2.03. The Bertz CT molecular complexity index is 367. The first-order chi connectivity index (χ1) is 6.63. The van der Waals surface area contributed by atoms with Crippen LogP contribution in [0, 0.1) is 17.2 Å². The molecule has 1 N–H and O–H groups in total. The van der Waals surface area contributed by atoms with E-state index in [-0.39, 0.29) is 6.42 Å². The van der Waals surface area contributed by atoms with E-state index in [0.29, 0.717) is 5.02 Å². The minimum absolute atomic E-state index is 0.211. The average Bonchev–Trinajstić information content (AvgIpc) is 2.16. The monoisotopic (exact) mass is 209 g/mol. The number of benzene rings is 1. The zero-order valence-corrected chi connectivity index (χ0v) is 8.03. The van der Waals surface area contributed by atoms with E-state index in [1.807, 2.05) is 0 Å². The summed E-state index contributed by atoms with van der Waals surface area (Å²) in [5.41, 5.74) is 0.795. The first kappa shape index (κ1) is 10.6. The molecular formula is C10H8ClNO2. The van der Waals surface area contributed by atoms with Crippen LogP contribution in [0.2, 0.25) is 5.02 Å². The molecule has 1 rings (SSSR count). The molecule has 0 aliphatic rings. The van der Waals surface area contributed by atoms with Crippen molar-refractivity contribution in [3.8, 4) is 6.07 Å². The van der Waals surface area contributed by atoms with E-state index in [1.165, 1.54) is 0 Å². The number of hydrogen-bond acceptors (Lipinski definition) is 2. The summed E-state index contributed by atoms with van der Waals surface area (Å²) in [5.74, 6) is -2.08. The number of carbonyl (C=O) groups is 1. The molecule has 0 radical (unpaired) electrons. The number of rotatable bonds is 3. The van der Waals surface area contributed by atoms with Crippen LogP contribution in [-0.2, 0) is 11.2 Å². The van der Waals surface area contributed by atoms with Gasteiger partial charge in [0.15, 0.2) is 0 Å². The van der Waals surface area contributed by atoms with E-state index in [4.69, 9.17) is 22.0 Å². The maximum absolute atomic E-state index is 10.6. The molecule has 4 heteroatoms. The molecule has 0 saturated heterocycles. The molecule has 0 aliphatic heterocycles. The Morgan fingerprint density at radius 1 is 1.50 bits per heavy atom. The molecule has 1 aromatic carbocycles. The molecule has 0 bridgehead atoms. The highest BCUT2D eigenvalue weighted by atomic mass is 35.5. The van der Waals surface area contributed by atoms with Gasteiger partial charge in [0, 0.05) is 5.02 Å². The lowest BCUT2D eigenvalue weighted by Crippen LogP contribution is -2.13. The van der Waals surface area contributed by atoms with Crippen molar-refractivity contribution in [1.82, 2.24) is 0 Å². The minimum Gasteiger partial charge on any atom is -0.480 e. The molecule has 0 spiro atoms. The van der Waals surface area contributed by atoms with Crippen molar-refractivity contribution in [3.63, 3.8) is 0 Å². The molecule has 0 fully saturated rings. The second kappa shape index (κ2) is 4.64. The molecule has 72 valence electrons. The summed E-state index contributed by atoms with van der Waals surface area (Å²) < 4.78 is 0. The van der Waals surface area contributed by atoms with Crippen LogP contribution in [0.5, 0.6) is 0 Å². The van der Waals surface area contributed by atoms with Crippen LogP contribution < -0.4 is 0 Å². The Kier molecular flexibility index (Phi) is 3.49. The van der Waals surface area contributed by atoms with Crippen LogP contribution in [-0.4, -0.2) is 11.1 Å². The second-order valence-electron chi connectivity index (χ2n) is 2.85. The highest BCUT2D eigenvalue weighted by Gasteiger charge is 2.16. The quantitative estimate of drug-likeness (QED) is 0.830. The lowest BCUT2D eigenvalue weighted by atomic mass is 10.0. The molecule has 14 heavy (non-hydrogen) atoms. The summed E-state index contributed by atoms with van der Waals surface area (Å²) in [4.78, 5) is 10.6. The summed E-state index contributed by atoms with van der Waals surface area (Å²) in [5, 5.41) is 17.8. The van der Waals surface area contributed by atoms with E-state index in [2.05, 4.69) is 0 Å². The van der Waals surface area contributed by atoms with Gasteiger partial charge in [-0.3, -0.25) is 4.79 Å². The number of aliphatic carboxylic acids is 1. The molecule has 0 unspecified atom stereocenters. The fourth-order valence-corrected chi connectivity index (χ4v) is 1.17. The van der Waals surface area contributed by atoms with Crippen molar-refractivity contribution in [3.05, 3.63) is 34.9 Å². The summed E-state index contributed by atoms with van der Waals surface area (Å²) >= 11 is 5.66. The molecule has 1 atom stereocenters. The van der Waals surface area contributed by atoms with Gasteiger partial charge in [0.1, 0.15) is 5.92 Å². The van der Waals surface area contributed by atoms with Gasteiger partial charge in [-0.05, 0) is 24.1 Å². The van der Waals surface area contributed by atoms with Crippen LogP contribution >= 0.6 is 11.6 Å². The molecule has 0 amide bonds. The van der Waals surface area contributed by atoms with Crippen molar-refractivity contribution in [2.75, 3.05) is 0 Å². The number of halogens is 1.